The number of aliphatic hydroxyl groups excluding tert-OH is 1. The van der Waals surface area contributed by atoms with E-state index >= 15 is 0 Å². The van der Waals surface area contributed by atoms with Gasteiger partial charge in [0.25, 0.3) is 0 Å². The van der Waals surface area contributed by atoms with Gasteiger partial charge in [0.1, 0.15) is 0 Å². The van der Waals surface area contributed by atoms with Crippen LogP contribution in [0.4, 0.5) is 0 Å². The van der Waals surface area contributed by atoms with Gasteiger partial charge in [-0.3, -0.25) is 4.98 Å². The summed E-state index contributed by atoms with van der Waals surface area (Å²) in [6, 6.07) is 20.1. The molecule has 3 aromatic rings. The van der Waals surface area contributed by atoms with Gasteiger partial charge < -0.3 is 10.4 Å². The fourth-order valence-electron chi connectivity index (χ4n) is 2.43. The summed E-state index contributed by atoms with van der Waals surface area (Å²) in [5, 5.41) is 14.1. The summed E-state index contributed by atoms with van der Waals surface area (Å²) in [6.45, 7) is 0.753. The number of hydrogen-bond acceptors (Lipinski definition) is 3. The average molecular weight is 278 g/mol. The first kappa shape index (κ1) is 13.7. The van der Waals surface area contributed by atoms with E-state index in [1.54, 1.807) is 0 Å². The number of pyridine rings is 1. The Morgan fingerprint density at radius 2 is 1.76 bits per heavy atom. The molecule has 0 aliphatic heterocycles. The van der Waals surface area contributed by atoms with Crippen LogP contribution < -0.4 is 5.32 Å². The van der Waals surface area contributed by atoms with Crippen LogP contribution in [-0.4, -0.2) is 16.7 Å². The van der Waals surface area contributed by atoms with E-state index in [1.807, 2.05) is 54.7 Å². The SMILES string of the molecule is OCC(NCc1cnc2ccccc2c1)c1ccccc1. The van der Waals surface area contributed by atoms with E-state index in [-0.39, 0.29) is 12.6 Å². The first-order chi connectivity index (χ1) is 10.4. The molecule has 3 nitrogen and oxygen atoms in total. The summed E-state index contributed by atoms with van der Waals surface area (Å²) < 4.78 is 0. The van der Waals surface area contributed by atoms with Gasteiger partial charge in [-0.15, -0.1) is 0 Å². The van der Waals surface area contributed by atoms with Crippen molar-refractivity contribution in [2.24, 2.45) is 0 Å². The lowest BCUT2D eigenvalue weighted by Gasteiger charge is -2.16. The number of hydrogen-bond donors (Lipinski definition) is 2. The van der Waals surface area contributed by atoms with E-state index in [2.05, 4.69) is 22.4 Å². The van der Waals surface area contributed by atoms with Crippen molar-refractivity contribution in [2.45, 2.75) is 12.6 Å². The Morgan fingerprint density at radius 1 is 1.00 bits per heavy atom. The molecule has 0 spiro atoms. The topological polar surface area (TPSA) is 45.1 Å². The Balaban J connectivity index is 1.73. The summed E-state index contributed by atoms with van der Waals surface area (Å²) in [5.74, 6) is 0. The van der Waals surface area contributed by atoms with Crippen LogP contribution in [0, 0.1) is 0 Å². The highest BCUT2D eigenvalue weighted by Crippen LogP contribution is 2.15. The summed E-state index contributed by atoms with van der Waals surface area (Å²) in [7, 11) is 0. The van der Waals surface area contributed by atoms with E-state index in [0.29, 0.717) is 6.54 Å². The first-order valence-corrected chi connectivity index (χ1v) is 7.09. The molecule has 0 amide bonds. The van der Waals surface area contributed by atoms with Crippen LogP contribution in [0.2, 0.25) is 0 Å². The van der Waals surface area contributed by atoms with Gasteiger partial charge in [0.15, 0.2) is 0 Å². The van der Waals surface area contributed by atoms with Crippen molar-refractivity contribution >= 4 is 10.9 Å². The Hall–Kier alpha value is -2.23. The van der Waals surface area contributed by atoms with Gasteiger partial charge >= 0.3 is 0 Å². The Kier molecular flexibility index (Phi) is 4.24. The second kappa shape index (κ2) is 6.48. The van der Waals surface area contributed by atoms with E-state index in [9.17, 15) is 5.11 Å². The molecule has 0 saturated heterocycles. The summed E-state index contributed by atoms with van der Waals surface area (Å²) in [6.07, 6.45) is 1.88. The fraction of sp³-hybridized carbons (Fsp3) is 0.167. The number of benzene rings is 2. The number of aromatic nitrogens is 1. The zero-order valence-electron chi connectivity index (χ0n) is 11.7. The molecular weight excluding hydrogens is 260 g/mol. The number of rotatable bonds is 5. The van der Waals surface area contributed by atoms with Crippen LogP contribution in [0.25, 0.3) is 10.9 Å². The maximum Gasteiger partial charge on any atom is 0.0702 e. The number of nitrogens with one attached hydrogen (secondary N) is 1. The lowest BCUT2D eigenvalue weighted by Crippen LogP contribution is -2.24. The van der Waals surface area contributed by atoms with Crippen LogP contribution in [0.3, 0.4) is 0 Å². The number of aliphatic hydroxyl groups is 1. The van der Waals surface area contributed by atoms with Gasteiger partial charge in [0, 0.05) is 18.1 Å². The molecule has 0 aliphatic rings. The molecule has 0 aliphatic carbocycles. The molecule has 2 aromatic carbocycles. The van der Waals surface area contributed by atoms with Crippen LogP contribution in [0.15, 0.2) is 66.9 Å². The molecular formula is C18H18N2O. The molecule has 1 aromatic heterocycles. The van der Waals surface area contributed by atoms with Crippen molar-refractivity contribution in [1.82, 2.24) is 10.3 Å². The minimum atomic E-state index is -0.0577. The highest BCUT2D eigenvalue weighted by molar-refractivity contribution is 5.78. The Morgan fingerprint density at radius 3 is 2.57 bits per heavy atom. The zero-order valence-corrected chi connectivity index (χ0v) is 11.7. The monoisotopic (exact) mass is 278 g/mol. The molecule has 0 bridgehead atoms. The fourth-order valence-corrected chi connectivity index (χ4v) is 2.43. The molecule has 0 fully saturated rings. The maximum absolute atomic E-state index is 9.55. The van der Waals surface area contributed by atoms with Crippen LogP contribution in [0.5, 0.6) is 0 Å². The number of para-hydroxylation sites is 1. The van der Waals surface area contributed by atoms with Gasteiger partial charge in [-0.25, -0.2) is 0 Å². The predicted molar refractivity (Wildman–Crippen MR) is 84.9 cm³/mol. The van der Waals surface area contributed by atoms with Crippen LogP contribution in [0.1, 0.15) is 17.2 Å². The lowest BCUT2D eigenvalue weighted by atomic mass is 10.1. The minimum Gasteiger partial charge on any atom is -0.394 e. The van der Waals surface area contributed by atoms with Crippen LogP contribution in [-0.2, 0) is 6.54 Å². The molecule has 2 N–H and O–H groups in total. The number of nitrogens with zero attached hydrogens (tertiary/aromatic N) is 1. The third-order valence-electron chi connectivity index (χ3n) is 3.58. The lowest BCUT2D eigenvalue weighted by molar-refractivity contribution is 0.243. The van der Waals surface area contributed by atoms with Crippen molar-refractivity contribution in [3.8, 4) is 0 Å². The maximum atomic E-state index is 9.55. The Labute approximate surface area is 124 Å². The van der Waals surface area contributed by atoms with Crippen molar-refractivity contribution in [3.05, 3.63) is 78.0 Å². The molecule has 106 valence electrons. The third-order valence-corrected chi connectivity index (χ3v) is 3.58. The smallest absolute Gasteiger partial charge is 0.0702 e. The van der Waals surface area contributed by atoms with Crippen molar-refractivity contribution in [3.63, 3.8) is 0 Å². The molecule has 1 heterocycles. The molecule has 0 radical (unpaired) electrons. The van der Waals surface area contributed by atoms with Gasteiger partial charge in [-0.05, 0) is 23.3 Å². The van der Waals surface area contributed by atoms with Gasteiger partial charge in [-0.2, -0.15) is 0 Å². The van der Waals surface area contributed by atoms with Gasteiger partial charge in [0.05, 0.1) is 18.2 Å². The Bertz CT molecular complexity index is 712. The van der Waals surface area contributed by atoms with E-state index in [4.69, 9.17) is 0 Å². The normalized spacial score (nSPS) is 12.4. The highest BCUT2D eigenvalue weighted by Gasteiger charge is 2.09. The largest absolute Gasteiger partial charge is 0.394 e. The quantitative estimate of drug-likeness (QED) is 0.754. The van der Waals surface area contributed by atoms with Crippen molar-refractivity contribution in [2.75, 3.05) is 6.61 Å². The van der Waals surface area contributed by atoms with E-state index < -0.39 is 0 Å². The second-order valence-corrected chi connectivity index (χ2v) is 5.06. The van der Waals surface area contributed by atoms with Crippen LogP contribution >= 0.6 is 0 Å². The summed E-state index contributed by atoms with van der Waals surface area (Å²) >= 11 is 0. The van der Waals surface area contributed by atoms with Gasteiger partial charge in [-0.1, -0.05) is 48.5 Å². The highest BCUT2D eigenvalue weighted by atomic mass is 16.3. The zero-order chi connectivity index (χ0) is 14.5. The standard InChI is InChI=1S/C18H18N2O/c21-13-18(15-6-2-1-3-7-15)20-12-14-10-16-8-4-5-9-17(16)19-11-14/h1-11,18,20-21H,12-13H2. The molecule has 1 unspecified atom stereocenters. The van der Waals surface area contributed by atoms with Crippen molar-refractivity contribution in [1.29, 1.82) is 0 Å². The molecule has 3 rings (SSSR count). The van der Waals surface area contributed by atoms with E-state index in [0.717, 1.165) is 22.0 Å². The number of fused-ring (bicyclic) bond motifs is 1. The predicted octanol–water partition coefficient (Wildman–Crippen LogP) is 3.06. The third kappa shape index (κ3) is 3.27. The van der Waals surface area contributed by atoms with E-state index in [1.165, 1.54) is 0 Å². The van der Waals surface area contributed by atoms with Gasteiger partial charge in [0.2, 0.25) is 0 Å². The second-order valence-electron chi connectivity index (χ2n) is 5.06. The molecule has 0 saturated carbocycles. The first-order valence-electron chi connectivity index (χ1n) is 7.09. The van der Waals surface area contributed by atoms with Crippen molar-refractivity contribution < 1.29 is 5.11 Å². The summed E-state index contributed by atoms with van der Waals surface area (Å²) in [5.41, 5.74) is 3.21. The molecule has 1 atom stereocenters. The molecule has 21 heavy (non-hydrogen) atoms. The average Bonchev–Trinajstić information content (AvgIpc) is 2.56. The summed E-state index contributed by atoms with van der Waals surface area (Å²) in [4.78, 5) is 4.46. The molecule has 3 heteroatoms. The minimum absolute atomic E-state index is 0.0577.